The van der Waals surface area contributed by atoms with Gasteiger partial charge < -0.3 is 0 Å². The van der Waals surface area contributed by atoms with E-state index in [1.165, 1.54) is 125 Å². The maximum absolute atomic E-state index is 2.39. The van der Waals surface area contributed by atoms with Crippen LogP contribution in [0.4, 0.5) is 0 Å². The number of unbranched alkanes of at least 4 members (excludes halogenated alkanes) is 2. The van der Waals surface area contributed by atoms with Gasteiger partial charge in [-0.05, 0) is 113 Å². The van der Waals surface area contributed by atoms with Crippen LogP contribution < -0.4 is 0 Å². The molecule has 0 aromatic heterocycles. The number of hydrogen-bond acceptors (Lipinski definition) is 0. The molecule has 0 aliphatic heterocycles. The Balaban J connectivity index is 0.000000515. The van der Waals surface area contributed by atoms with Crippen molar-refractivity contribution < 1.29 is 0 Å². The molecule has 0 heteroatoms. The van der Waals surface area contributed by atoms with Crippen LogP contribution in [0.3, 0.4) is 0 Å². The minimum Gasteiger partial charge on any atom is -0.0656 e. The molecule has 0 saturated heterocycles. The molecule has 0 saturated carbocycles. The van der Waals surface area contributed by atoms with Gasteiger partial charge in [0.05, 0.1) is 0 Å². The maximum Gasteiger partial charge on any atom is -0.000741 e. The van der Waals surface area contributed by atoms with Gasteiger partial charge in [-0.25, -0.2) is 0 Å². The lowest BCUT2D eigenvalue weighted by Crippen LogP contribution is -1.94. The monoisotopic (exact) mass is 702 g/mol. The lowest BCUT2D eigenvalue weighted by molar-refractivity contribution is 0.772. The van der Waals surface area contributed by atoms with E-state index in [1.807, 2.05) is 0 Å². The van der Waals surface area contributed by atoms with Crippen molar-refractivity contribution in [1.82, 2.24) is 0 Å². The molecule has 8 aromatic rings. The summed E-state index contributed by atoms with van der Waals surface area (Å²) in [6.07, 6.45) is 7.58. The molecule has 8 aromatic carbocycles. The van der Waals surface area contributed by atoms with E-state index in [1.54, 1.807) is 0 Å². The van der Waals surface area contributed by atoms with Crippen molar-refractivity contribution in [3.05, 3.63) is 157 Å². The van der Waals surface area contributed by atoms with E-state index < -0.39 is 0 Å². The van der Waals surface area contributed by atoms with Crippen LogP contribution in [0.2, 0.25) is 0 Å². The highest BCUT2D eigenvalue weighted by atomic mass is 14.3. The Morgan fingerprint density at radius 3 is 1.50 bits per heavy atom. The normalized spacial score (nSPS) is 11.2. The third-order valence-electron chi connectivity index (χ3n) is 10.7. The van der Waals surface area contributed by atoms with Gasteiger partial charge in [0.2, 0.25) is 0 Å². The Labute approximate surface area is 323 Å². The molecular formula is C54H54. The standard InChI is InChI=1S/C46H34.C5H12.C3H8/c1-3-9-30-18-22-33(23-19-30)43-39-13-7-6-12-38(39)42(32-20-16-29(2)17-21-32)46-41-27-26-36(37-14-8-15-40(44(37)41)45(43)46)35-25-24-31-10-4-5-11-34(31)28-35;1-3-5-4-2;1-3-2/h4-8,10-28H,3,9H2,1-2H3;3-5H2,1-2H3;3H2,1-2H3. The van der Waals surface area contributed by atoms with E-state index in [4.69, 9.17) is 0 Å². The van der Waals surface area contributed by atoms with Gasteiger partial charge in [-0.15, -0.1) is 0 Å². The fourth-order valence-electron chi connectivity index (χ4n) is 8.21. The van der Waals surface area contributed by atoms with Crippen molar-refractivity contribution in [2.75, 3.05) is 0 Å². The van der Waals surface area contributed by atoms with Crippen LogP contribution in [0.15, 0.2) is 146 Å². The summed E-state index contributed by atoms with van der Waals surface area (Å²) in [5.74, 6) is 0. The van der Waals surface area contributed by atoms with E-state index in [-0.39, 0.29) is 0 Å². The van der Waals surface area contributed by atoms with E-state index >= 15 is 0 Å². The summed E-state index contributed by atoms with van der Waals surface area (Å²) < 4.78 is 0. The topological polar surface area (TPSA) is 0 Å². The summed E-state index contributed by atoms with van der Waals surface area (Å²) in [6, 6.07) is 54.7. The number of rotatable bonds is 7. The van der Waals surface area contributed by atoms with Crippen molar-refractivity contribution >= 4 is 32.3 Å². The highest BCUT2D eigenvalue weighted by Gasteiger charge is 2.31. The Bertz CT molecular complexity index is 2530. The third kappa shape index (κ3) is 6.99. The fourth-order valence-corrected chi connectivity index (χ4v) is 8.21. The van der Waals surface area contributed by atoms with Gasteiger partial charge in [-0.3, -0.25) is 0 Å². The minimum absolute atomic E-state index is 1.10. The second-order valence-electron chi connectivity index (χ2n) is 14.9. The Kier molecular flexibility index (Phi) is 11.4. The van der Waals surface area contributed by atoms with E-state index in [0.29, 0.717) is 0 Å². The minimum atomic E-state index is 1.10. The van der Waals surface area contributed by atoms with E-state index in [0.717, 1.165) is 12.8 Å². The molecule has 0 radical (unpaired) electrons. The van der Waals surface area contributed by atoms with Crippen molar-refractivity contribution in [3.8, 4) is 55.6 Å². The Hall–Kier alpha value is -5.46. The van der Waals surface area contributed by atoms with E-state index in [9.17, 15) is 0 Å². The molecular weight excluding hydrogens is 649 g/mol. The lowest BCUT2D eigenvalue weighted by atomic mass is 9.82. The molecule has 54 heavy (non-hydrogen) atoms. The highest BCUT2D eigenvalue weighted by Crippen LogP contribution is 2.58. The molecule has 270 valence electrons. The fraction of sp³-hybridized carbons (Fsp3) is 0.222. The van der Waals surface area contributed by atoms with Gasteiger partial charge in [0.15, 0.2) is 0 Å². The van der Waals surface area contributed by atoms with Crippen LogP contribution in [-0.4, -0.2) is 0 Å². The SMILES string of the molecule is CCC.CCCCC.CCCc1ccc(-c2c3c(c(-c4ccc(C)cc4)c4ccccc24)-c2ccc(-c4ccc5ccccc5c4)c4cccc-3c24)cc1. The molecule has 1 aliphatic carbocycles. The molecule has 0 bridgehead atoms. The molecule has 0 amide bonds. The van der Waals surface area contributed by atoms with Gasteiger partial charge in [-0.1, -0.05) is 212 Å². The molecule has 0 N–H and O–H groups in total. The third-order valence-corrected chi connectivity index (χ3v) is 10.7. The first kappa shape index (κ1) is 36.9. The van der Waals surface area contributed by atoms with Crippen LogP contribution in [0, 0.1) is 6.92 Å². The molecule has 0 unspecified atom stereocenters. The maximum atomic E-state index is 2.39. The first-order valence-electron chi connectivity index (χ1n) is 20.3. The van der Waals surface area contributed by atoms with Gasteiger partial charge in [-0.2, -0.15) is 0 Å². The number of aryl methyl sites for hydroxylation is 2. The van der Waals surface area contributed by atoms with Gasteiger partial charge in [0.1, 0.15) is 0 Å². The van der Waals surface area contributed by atoms with Crippen molar-refractivity contribution in [1.29, 1.82) is 0 Å². The molecule has 0 spiro atoms. The zero-order valence-electron chi connectivity index (χ0n) is 33.1. The molecule has 0 atom stereocenters. The quantitative estimate of drug-likeness (QED) is 0.155. The van der Waals surface area contributed by atoms with Crippen LogP contribution in [-0.2, 0) is 6.42 Å². The van der Waals surface area contributed by atoms with Gasteiger partial charge in [0, 0.05) is 0 Å². The van der Waals surface area contributed by atoms with Crippen LogP contribution in [0.5, 0.6) is 0 Å². The van der Waals surface area contributed by atoms with Crippen LogP contribution in [0.1, 0.15) is 77.8 Å². The first-order valence-corrected chi connectivity index (χ1v) is 20.3. The van der Waals surface area contributed by atoms with Crippen molar-refractivity contribution in [2.24, 2.45) is 0 Å². The smallest absolute Gasteiger partial charge is 0.000741 e. The average Bonchev–Trinajstić information content (AvgIpc) is 3.53. The Morgan fingerprint density at radius 1 is 0.389 bits per heavy atom. The molecule has 0 heterocycles. The molecule has 0 nitrogen and oxygen atoms in total. The number of fused-ring (bicyclic) bond motifs is 5. The van der Waals surface area contributed by atoms with Gasteiger partial charge >= 0.3 is 0 Å². The molecule has 1 aliphatic rings. The summed E-state index contributed by atoms with van der Waals surface area (Å²) in [4.78, 5) is 0. The average molecular weight is 703 g/mol. The van der Waals surface area contributed by atoms with Gasteiger partial charge in [0.25, 0.3) is 0 Å². The highest BCUT2D eigenvalue weighted by molar-refractivity contribution is 6.28. The molecule has 9 rings (SSSR count). The predicted molar refractivity (Wildman–Crippen MR) is 240 cm³/mol. The van der Waals surface area contributed by atoms with Crippen LogP contribution >= 0.6 is 0 Å². The Morgan fingerprint density at radius 2 is 0.907 bits per heavy atom. The summed E-state index contributed by atoms with van der Waals surface area (Å²) in [5, 5.41) is 7.82. The summed E-state index contributed by atoms with van der Waals surface area (Å²) in [5.41, 5.74) is 15.8. The number of hydrogen-bond donors (Lipinski definition) is 0. The lowest BCUT2D eigenvalue weighted by Gasteiger charge is -2.20. The number of benzene rings is 8. The second-order valence-corrected chi connectivity index (χ2v) is 14.9. The van der Waals surface area contributed by atoms with Crippen LogP contribution in [0.25, 0.3) is 88.0 Å². The first-order chi connectivity index (χ1) is 26.5. The summed E-state index contributed by atoms with van der Waals surface area (Å²) in [7, 11) is 0. The largest absolute Gasteiger partial charge is 0.0656 e. The zero-order chi connectivity index (χ0) is 37.6. The summed E-state index contributed by atoms with van der Waals surface area (Å²) >= 11 is 0. The van der Waals surface area contributed by atoms with Crippen molar-refractivity contribution in [2.45, 2.75) is 80.1 Å². The second kappa shape index (κ2) is 16.7. The molecule has 0 fully saturated rings. The van der Waals surface area contributed by atoms with E-state index in [2.05, 4.69) is 187 Å². The predicted octanol–water partition coefficient (Wildman–Crippen LogP) is 16.7. The summed E-state index contributed by atoms with van der Waals surface area (Å²) in [6.45, 7) is 13.1. The zero-order valence-corrected chi connectivity index (χ0v) is 33.1. The van der Waals surface area contributed by atoms with Crippen molar-refractivity contribution in [3.63, 3.8) is 0 Å².